The molecular formula is C14H18N2O5. The second-order valence-corrected chi connectivity index (χ2v) is 4.83. The first-order chi connectivity index (χ1) is 10.1. The first kappa shape index (κ1) is 15.1. The van der Waals surface area contributed by atoms with Gasteiger partial charge < -0.3 is 25.2 Å². The van der Waals surface area contributed by atoms with Gasteiger partial charge in [0.1, 0.15) is 5.75 Å². The maximum absolute atomic E-state index is 11.7. The summed E-state index contributed by atoms with van der Waals surface area (Å²) in [6.45, 7) is -0.393. The van der Waals surface area contributed by atoms with Crippen LogP contribution in [0.1, 0.15) is 12.8 Å². The van der Waals surface area contributed by atoms with Gasteiger partial charge in [-0.15, -0.1) is 0 Å². The van der Waals surface area contributed by atoms with Crippen molar-refractivity contribution in [3.8, 4) is 5.75 Å². The van der Waals surface area contributed by atoms with Crippen LogP contribution in [0, 0.1) is 0 Å². The molecule has 21 heavy (non-hydrogen) atoms. The molecule has 7 nitrogen and oxygen atoms in total. The Morgan fingerprint density at radius 3 is 2.52 bits per heavy atom. The van der Waals surface area contributed by atoms with Gasteiger partial charge in [0.25, 0.3) is 0 Å². The fraction of sp³-hybridized carbons (Fsp3) is 0.429. The number of ether oxygens (including phenoxy) is 2. The zero-order valence-electron chi connectivity index (χ0n) is 11.7. The second kappa shape index (κ2) is 6.94. The van der Waals surface area contributed by atoms with Crippen LogP contribution in [0.4, 0.5) is 10.5 Å². The number of methoxy groups -OCH3 is 1. The molecule has 0 radical (unpaired) electrons. The number of aliphatic carboxylic acids is 1. The lowest BCUT2D eigenvalue weighted by atomic mass is 9.89. The van der Waals surface area contributed by atoms with Crippen molar-refractivity contribution >= 4 is 17.7 Å². The Balaban J connectivity index is 1.75. The molecule has 1 fully saturated rings. The maximum Gasteiger partial charge on any atom is 0.341 e. The van der Waals surface area contributed by atoms with Gasteiger partial charge in [0.05, 0.1) is 6.10 Å². The third-order valence-electron chi connectivity index (χ3n) is 3.24. The third kappa shape index (κ3) is 4.64. The molecule has 1 aliphatic carbocycles. The van der Waals surface area contributed by atoms with E-state index in [0.29, 0.717) is 11.4 Å². The Morgan fingerprint density at radius 1 is 1.29 bits per heavy atom. The molecule has 2 rings (SSSR count). The molecule has 2 amide bonds. The lowest BCUT2D eigenvalue weighted by Gasteiger charge is -2.34. The van der Waals surface area contributed by atoms with E-state index in [4.69, 9.17) is 14.6 Å². The summed E-state index contributed by atoms with van der Waals surface area (Å²) in [4.78, 5) is 22.1. The summed E-state index contributed by atoms with van der Waals surface area (Å²) in [5, 5.41) is 14.0. The van der Waals surface area contributed by atoms with Gasteiger partial charge in [-0.2, -0.15) is 0 Å². The highest BCUT2D eigenvalue weighted by molar-refractivity contribution is 5.89. The second-order valence-electron chi connectivity index (χ2n) is 4.83. The number of carbonyl (C=O) groups excluding carboxylic acids is 1. The van der Waals surface area contributed by atoms with Crippen LogP contribution < -0.4 is 15.4 Å². The summed E-state index contributed by atoms with van der Waals surface area (Å²) in [5.41, 5.74) is 0.609. The number of anilines is 1. The number of nitrogens with one attached hydrogen (secondary N) is 2. The number of amides is 2. The fourth-order valence-corrected chi connectivity index (χ4v) is 2.01. The summed E-state index contributed by atoms with van der Waals surface area (Å²) in [7, 11) is 1.66. The molecule has 0 unspecified atom stereocenters. The Labute approximate surface area is 122 Å². The summed E-state index contributed by atoms with van der Waals surface area (Å²) in [5.74, 6) is -0.600. The minimum absolute atomic E-state index is 0.146. The van der Waals surface area contributed by atoms with E-state index in [0.717, 1.165) is 12.8 Å². The van der Waals surface area contributed by atoms with Crippen molar-refractivity contribution < 1.29 is 24.2 Å². The molecule has 3 N–H and O–H groups in total. The SMILES string of the molecule is COC1CC(NC(=O)Nc2ccc(OCC(=O)O)cc2)C1. The van der Waals surface area contributed by atoms with E-state index in [9.17, 15) is 9.59 Å². The fourth-order valence-electron chi connectivity index (χ4n) is 2.01. The smallest absolute Gasteiger partial charge is 0.341 e. The molecule has 0 spiro atoms. The molecule has 0 saturated heterocycles. The molecule has 0 aromatic heterocycles. The van der Waals surface area contributed by atoms with Crippen LogP contribution >= 0.6 is 0 Å². The standard InChI is InChI=1S/C14H18N2O5/c1-20-12-6-10(7-12)16-14(19)15-9-2-4-11(5-3-9)21-8-13(17)18/h2-5,10,12H,6-8H2,1H3,(H,17,18)(H2,15,16,19). The van der Waals surface area contributed by atoms with Crippen molar-refractivity contribution in [3.63, 3.8) is 0 Å². The largest absolute Gasteiger partial charge is 0.482 e. The molecule has 0 aliphatic heterocycles. The van der Waals surface area contributed by atoms with E-state index in [1.807, 2.05) is 0 Å². The van der Waals surface area contributed by atoms with Gasteiger partial charge in [0, 0.05) is 18.8 Å². The van der Waals surface area contributed by atoms with E-state index >= 15 is 0 Å². The monoisotopic (exact) mass is 294 g/mol. The Morgan fingerprint density at radius 2 is 1.95 bits per heavy atom. The van der Waals surface area contributed by atoms with Crippen LogP contribution in [0.25, 0.3) is 0 Å². The van der Waals surface area contributed by atoms with Crippen molar-refractivity contribution in [1.29, 1.82) is 0 Å². The maximum atomic E-state index is 11.7. The topological polar surface area (TPSA) is 96.9 Å². The van der Waals surface area contributed by atoms with Crippen molar-refractivity contribution in [2.24, 2.45) is 0 Å². The van der Waals surface area contributed by atoms with Gasteiger partial charge in [-0.05, 0) is 37.1 Å². The molecule has 1 aromatic carbocycles. The number of rotatable bonds is 6. The van der Waals surface area contributed by atoms with Crippen LogP contribution in [0.3, 0.4) is 0 Å². The predicted molar refractivity (Wildman–Crippen MR) is 75.5 cm³/mol. The summed E-state index contributed by atoms with van der Waals surface area (Å²) in [6.07, 6.45) is 1.89. The lowest BCUT2D eigenvalue weighted by molar-refractivity contribution is -0.139. The van der Waals surface area contributed by atoms with E-state index in [-0.39, 0.29) is 18.2 Å². The number of hydrogen-bond donors (Lipinski definition) is 3. The highest BCUT2D eigenvalue weighted by Crippen LogP contribution is 2.22. The van der Waals surface area contributed by atoms with Gasteiger partial charge in [0.15, 0.2) is 6.61 Å². The lowest BCUT2D eigenvalue weighted by Crippen LogP contribution is -2.48. The summed E-state index contributed by atoms with van der Waals surface area (Å²) >= 11 is 0. The van der Waals surface area contributed by atoms with Gasteiger partial charge in [-0.1, -0.05) is 0 Å². The molecule has 1 saturated carbocycles. The van der Waals surface area contributed by atoms with Crippen molar-refractivity contribution in [1.82, 2.24) is 5.32 Å². The average molecular weight is 294 g/mol. The molecule has 1 aromatic rings. The molecule has 1 aliphatic rings. The van der Waals surface area contributed by atoms with Crippen LogP contribution in [0.5, 0.6) is 5.75 Å². The number of carboxylic acid groups (broad SMARTS) is 1. The van der Waals surface area contributed by atoms with E-state index < -0.39 is 12.6 Å². The minimum Gasteiger partial charge on any atom is -0.482 e. The van der Waals surface area contributed by atoms with E-state index in [2.05, 4.69) is 10.6 Å². The Kier molecular flexibility index (Phi) is 4.99. The number of urea groups is 1. The van der Waals surface area contributed by atoms with Gasteiger partial charge in [-0.25, -0.2) is 9.59 Å². The Bertz CT molecular complexity index is 497. The molecule has 7 heteroatoms. The average Bonchev–Trinajstić information content (AvgIpc) is 2.41. The summed E-state index contributed by atoms with van der Waals surface area (Å²) in [6, 6.07) is 6.37. The van der Waals surface area contributed by atoms with Crippen molar-refractivity contribution in [2.45, 2.75) is 25.0 Å². The minimum atomic E-state index is -1.04. The van der Waals surface area contributed by atoms with Crippen LogP contribution in [0.15, 0.2) is 24.3 Å². The number of hydrogen-bond acceptors (Lipinski definition) is 4. The zero-order chi connectivity index (χ0) is 15.2. The van der Waals surface area contributed by atoms with Crippen molar-refractivity contribution in [3.05, 3.63) is 24.3 Å². The zero-order valence-corrected chi connectivity index (χ0v) is 11.7. The normalized spacial score (nSPS) is 20.2. The van der Waals surface area contributed by atoms with E-state index in [1.165, 1.54) is 0 Å². The van der Waals surface area contributed by atoms with Gasteiger partial charge >= 0.3 is 12.0 Å². The summed E-state index contributed by atoms with van der Waals surface area (Å²) < 4.78 is 10.1. The quantitative estimate of drug-likeness (QED) is 0.738. The highest BCUT2D eigenvalue weighted by atomic mass is 16.5. The van der Waals surface area contributed by atoms with Gasteiger partial charge in [-0.3, -0.25) is 0 Å². The third-order valence-corrected chi connectivity index (χ3v) is 3.24. The van der Waals surface area contributed by atoms with Crippen LogP contribution in [-0.4, -0.2) is 43.0 Å². The molecule has 0 bridgehead atoms. The first-order valence-electron chi connectivity index (χ1n) is 6.62. The number of carbonyl (C=O) groups is 2. The predicted octanol–water partition coefficient (Wildman–Crippen LogP) is 1.45. The molecule has 0 atom stereocenters. The van der Waals surface area contributed by atoms with Crippen molar-refractivity contribution in [2.75, 3.05) is 19.0 Å². The molecular weight excluding hydrogens is 276 g/mol. The first-order valence-corrected chi connectivity index (χ1v) is 6.62. The van der Waals surface area contributed by atoms with Gasteiger partial charge in [0.2, 0.25) is 0 Å². The van der Waals surface area contributed by atoms with E-state index in [1.54, 1.807) is 31.4 Å². The highest BCUT2D eigenvalue weighted by Gasteiger charge is 2.29. The number of benzene rings is 1. The van der Waals surface area contributed by atoms with Crippen LogP contribution in [0.2, 0.25) is 0 Å². The number of carboxylic acids is 1. The Hall–Kier alpha value is -2.28. The molecule has 0 heterocycles. The van der Waals surface area contributed by atoms with Crippen LogP contribution in [-0.2, 0) is 9.53 Å². The molecule has 114 valence electrons.